The van der Waals surface area contributed by atoms with E-state index in [4.69, 9.17) is 4.74 Å². The molecule has 3 heteroatoms. The van der Waals surface area contributed by atoms with E-state index in [1.165, 1.54) is 98.5 Å². The summed E-state index contributed by atoms with van der Waals surface area (Å²) in [5.74, 6) is 1.58. The number of rotatable bonds is 10. The first-order chi connectivity index (χ1) is 37.2. The lowest BCUT2D eigenvalue weighted by atomic mass is 9.96. The Morgan fingerprint density at radius 2 is 0.587 bits per heavy atom. The Bertz CT molecular complexity index is 4230. The minimum absolute atomic E-state index is 0.788. The minimum Gasteiger partial charge on any atom is -0.457 e. The summed E-state index contributed by atoms with van der Waals surface area (Å²) in [4.78, 5) is 0. The first-order valence-electron chi connectivity index (χ1n) is 25.6. The maximum atomic E-state index is 6.51. The highest BCUT2D eigenvalue weighted by Gasteiger charge is 2.18. The average molecular weight is 957 g/mol. The van der Waals surface area contributed by atoms with Gasteiger partial charge in [-0.05, 0) is 128 Å². The molecule has 12 aromatic carbocycles. The Morgan fingerprint density at radius 1 is 0.240 bits per heavy atom. The normalized spacial score (nSPS) is 11.9. The molecule has 0 N–H and O–H groups in total. The van der Waals surface area contributed by atoms with Gasteiger partial charge in [0, 0.05) is 32.3 Å². The quantitative estimate of drug-likeness (QED) is 0.125. The van der Waals surface area contributed by atoms with Crippen molar-refractivity contribution in [3.63, 3.8) is 0 Å². The van der Waals surface area contributed by atoms with E-state index in [0.717, 1.165) is 34.0 Å². The third-order valence-electron chi connectivity index (χ3n) is 14.8. The van der Waals surface area contributed by atoms with Crippen LogP contribution in [0, 0.1) is 0 Å². The lowest BCUT2D eigenvalue weighted by Crippen LogP contribution is -1.96. The Labute approximate surface area is 435 Å². The molecular formula is C72H48N2O. The first-order valence-corrected chi connectivity index (χ1v) is 25.6. The minimum atomic E-state index is 0.788. The molecular weight excluding hydrogens is 909 g/mol. The molecule has 14 aromatic rings. The van der Waals surface area contributed by atoms with Crippen LogP contribution >= 0.6 is 0 Å². The molecule has 0 bridgehead atoms. The van der Waals surface area contributed by atoms with E-state index in [1.54, 1.807) is 0 Å². The number of para-hydroxylation sites is 2. The van der Waals surface area contributed by atoms with Crippen molar-refractivity contribution in [3.05, 3.63) is 289 Å². The Morgan fingerprint density at radius 3 is 1.01 bits per heavy atom. The maximum absolute atomic E-state index is 6.51. The largest absolute Gasteiger partial charge is 0.457 e. The Balaban J connectivity index is 0.739. The molecule has 0 atom stereocenters. The zero-order valence-corrected chi connectivity index (χ0v) is 41.0. The van der Waals surface area contributed by atoms with Crippen LogP contribution in [0.5, 0.6) is 11.5 Å². The fourth-order valence-corrected chi connectivity index (χ4v) is 11.2. The molecule has 0 saturated heterocycles. The first kappa shape index (κ1) is 43.8. The van der Waals surface area contributed by atoms with Crippen LogP contribution in [0.4, 0.5) is 0 Å². The van der Waals surface area contributed by atoms with Crippen LogP contribution in [0.1, 0.15) is 22.3 Å². The number of nitrogens with zero attached hydrogens (tertiary/aromatic N) is 2. The molecule has 0 amide bonds. The van der Waals surface area contributed by atoms with Gasteiger partial charge >= 0.3 is 0 Å². The molecule has 2 aromatic heterocycles. The third kappa shape index (κ3) is 7.95. The van der Waals surface area contributed by atoms with Gasteiger partial charge in [0.25, 0.3) is 0 Å². The van der Waals surface area contributed by atoms with Crippen LogP contribution in [0.3, 0.4) is 0 Å². The summed E-state index contributed by atoms with van der Waals surface area (Å²) in [6.45, 7) is 0. The molecule has 0 fully saturated rings. The van der Waals surface area contributed by atoms with E-state index in [-0.39, 0.29) is 0 Å². The number of aromatic nitrogens is 2. The highest BCUT2D eigenvalue weighted by Crippen LogP contribution is 2.41. The smallest absolute Gasteiger partial charge is 0.127 e. The maximum Gasteiger partial charge on any atom is 0.127 e. The van der Waals surface area contributed by atoms with E-state index in [9.17, 15) is 0 Å². The molecule has 14 rings (SSSR count). The topological polar surface area (TPSA) is 19.1 Å². The van der Waals surface area contributed by atoms with Gasteiger partial charge in [0.15, 0.2) is 0 Å². The number of benzene rings is 12. The fourth-order valence-electron chi connectivity index (χ4n) is 11.2. The fraction of sp³-hybridized carbons (Fsp3) is 0. The van der Waals surface area contributed by atoms with Crippen LogP contribution in [-0.2, 0) is 0 Å². The molecule has 3 nitrogen and oxygen atoms in total. The van der Waals surface area contributed by atoms with Crippen molar-refractivity contribution >= 4 is 89.5 Å². The van der Waals surface area contributed by atoms with Crippen molar-refractivity contribution in [1.82, 2.24) is 9.13 Å². The monoisotopic (exact) mass is 956 g/mol. The second kappa shape index (κ2) is 18.6. The van der Waals surface area contributed by atoms with Crippen LogP contribution in [0.15, 0.2) is 267 Å². The van der Waals surface area contributed by atoms with Crippen LogP contribution < -0.4 is 4.74 Å². The van der Waals surface area contributed by atoms with Crippen molar-refractivity contribution in [1.29, 1.82) is 0 Å². The predicted molar refractivity (Wildman–Crippen MR) is 318 cm³/mol. The van der Waals surface area contributed by atoms with E-state index in [1.807, 2.05) is 0 Å². The van der Waals surface area contributed by atoms with Gasteiger partial charge in [-0.3, -0.25) is 0 Å². The van der Waals surface area contributed by atoms with E-state index >= 15 is 0 Å². The highest BCUT2D eigenvalue weighted by atomic mass is 16.5. The summed E-state index contributed by atoms with van der Waals surface area (Å²) in [5, 5.41) is 9.74. The molecule has 2 heterocycles. The van der Waals surface area contributed by atoms with E-state index in [0.29, 0.717) is 0 Å². The number of ether oxygens (including phenoxy) is 1. The van der Waals surface area contributed by atoms with Gasteiger partial charge in [0.05, 0.1) is 33.4 Å². The van der Waals surface area contributed by atoms with Gasteiger partial charge in [0.1, 0.15) is 11.5 Å². The Kier molecular flexibility index (Phi) is 10.8. The van der Waals surface area contributed by atoms with Crippen LogP contribution in [-0.4, -0.2) is 9.13 Å². The zero-order valence-electron chi connectivity index (χ0n) is 41.0. The second-order valence-corrected chi connectivity index (χ2v) is 19.3. The number of hydrogen-bond acceptors (Lipinski definition) is 1. The lowest BCUT2D eigenvalue weighted by Gasteiger charge is -2.16. The summed E-state index contributed by atoms with van der Waals surface area (Å²) >= 11 is 0. The molecule has 0 spiro atoms. The molecule has 75 heavy (non-hydrogen) atoms. The Hall–Kier alpha value is -9.96. The van der Waals surface area contributed by atoms with Crippen molar-refractivity contribution in [2.24, 2.45) is 0 Å². The molecule has 352 valence electrons. The molecule has 0 unspecified atom stereocenters. The van der Waals surface area contributed by atoms with Crippen LogP contribution in [0.25, 0.3) is 123 Å². The van der Waals surface area contributed by atoms with E-state index < -0.39 is 0 Å². The van der Waals surface area contributed by atoms with Crippen molar-refractivity contribution in [2.75, 3.05) is 0 Å². The molecule has 0 aliphatic rings. The lowest BCUT2D eigenvalue weighted by molar-refractivity contribution is 0.483. The molecule has 0 saturated carbocycles. The zero-order chi connectivity index (χ0) is 49.7. The summed E-state index contributed by atoms with van der Waals surface area (Å²) in [6, 6.07) is 95.7. The number of fused-ring (bicyclic) bond motifs is 8. The summed E-state index contributed by atoms with van der Waals surface area (Å²) < 4.78 is 11.4. The van der Waals surface area contributed by atoms with Gasteiger partial charge in [-0.25, -0.2) is 0 Å². The van der Waals surface area contributed by atoms with Crippen molar-refractivity contribution < 1.29 is 4.74 Å². The molecule has 0 aliphatic heterocycles. The summed E-state index contributed by atoms with van der Waals surface area (Å²) in [5.41, 5.74) is 16.4. The third-order valence-corrected chi connectivity index (χ3v) is 14.8. The molecule has 0 aliphatic carbocycles. The SMILES string of the molecule is C(=C\c1ccc2c(c1)c1ccccc1n2-c1ccc(-c2ccc(Oc3ccc(-c4ccc(-n5c6ccccc6c6cc(/C=C/c7ccccc7)ccc65)c5ccccc45)cc3)cc2)c2ccccc12)/c1ccccc1. The standard InChI is InChI=1S/C72H48N2O/c1-3-15-49(16-4-1)27-29-51-31-43-71-65(47-51)63-23-11-13-25-67(63)73(71)69-45-41-57(59-19-7-9-21-61(59)69)53-33-37-55(38-34-53)75-56-39-35-54(36-40-56)58-42-46-70(62-22-10-8-20-60(58)62)74-68-26-14-12-24-64(68)66-48-52(32-44-72(66)74)30-28-50-17-5-2-6-18-50/h1-48H/b29-27+,30-28+. The van der Waals surface area contributed by atoms with Crippen molar-refractivity contribution in [2.45, 2.75) is 0 Å². The highest BCUT2D eigenvalue weighted by molar-refractivity contribution is 6.14. The van der Waals surface area contributed by atoms with Gasteiger partial charge < -0.3 is 13.9 Å². The van der Waals surface area contributed by atoms with Gasteiger partial charge in [0.2, 0.25) is 0 Å². The van der Waals surface area contributed by atoms with Gasteiger partial charge in [-0.1, -0.05) is 218 Å². The number of hydrogen-bond donors (Lipinski definition) is 0. The predicted octanol–water partition coefficient (Wildman–Crippen LogP) is 19.7. The average Bonchev–Trinajstić information content (AvgIpc) is 3.99. The molecule has 0 radical (unpaired) electrons. The summed E-state index contributed by atoms with van der Waals surface area (Å²) in [7, 11) is 0. The van der Waals surface area contributed by atoms with Gasteiger partial charge in [-0.15, -0.1) is 0 Å². The van der Waals surface area contributed by atoms with E-state index in [2.05, 4.69) is 300 Å². The van der Waals surface area contributed by atoms with Gasteiger partial charge in [-0.2, -0.15) is 0 Å². The van der Waals surface area contributed by atoms with Crippen LogP contribution in [0.2, 0.25) is 0 Å². The van der Waals surface area contributed by atoms with Crippen molar-refractivity contribution in [3.8, 4) is 45.1 Å². The summed E-state index contributed by atoms with van der Waals surface area (Å²) in [6.07, 6.45) is 8.76. The second-order valence-electron chi connectivity index (χ2n) is 19.3.